The number of benzene rings is 1. The molecule has 0 amide bonds. The Hall–Kier alpha value is -0.313. The smallest absolute Gasteiger partial charge is 0.268 e. The van der Waals surface area contributed by atoms with Crippen molar-refractivity contribution in [1.82, 2.24) is 0 Å². The van der Waals surface area contributed by atoms with Gasteiger partial charge in [-0.2, -0.15) is 0 Å². The molecule has 1 nitrogen and oxygen atoms in total. The van der Waals surface area contributed by atoms with Crippen molar-refractivity contribution in [3.05, 3.63) is 29.8 Å². The van der Waals surface area contributed by atoms with Crippen molar-refractivity contribution in [3.8, 4) is 0 Å². The molecule has 0 aliphatic rings. The maximum atomic E-state index is 5.49. The molecule has 2 radical (unpaired) electrons. The van der Waals surface area contributed by atoms with Crippen molar-refractivity contribution >= 4 is 26.6 Å². The molecule has 0 unspecified atom stereocenters. The van der Waals surface area contributed by atoms with Crippen molar-refractivity contribution in [2.24, 2.45) is 0 Å². The molecule has 0 saturated carbocycles. The van der Waals surface area contributed by atoms with Crippen LogP contribution in [-0.2, 0) is 4.43 Å². The van der Waals surface area contributed by atoms with Crippen LogP contribution >= 0.6 is 11.6 Å². The van der Waals surface area contributed by atoms with E-state index in [4.69, 9.17) is 16.0 Å². The Bertz CT molecular complexity index is 240. The normalized spacial score (nSPS) is 10.2. The highest BCUT2D eigenvalue weighted by atomic mass is 35.5. The van der Waals surface area contributed by atoms with Crippen LogP contribution in [0.2, 0.25) is 0 Å². The quantitative estimate of drug-likeness (QED) is 0.405. The van der Waals surface area contributed by atoms with Gasteiger partial charge in [-0.05, 0) is 17.7 Å². The molecule has 0 N–H and O–H groups in total. The van der Waals surface area contributed by atoms with Crippen LogP contribution in [0.5, 0.6) is 0 Å². The Morgan fingerprint density at radius 2 is 2.17 bits per heavy atom. The Kier molecular flexibility index (Phi) is 4.36. The van der Waals surface area contributed by atoms with E-state index in [1.807, 2.05) is 12.1 Å². The van der Waals surface area contributed by atoms with E-state index in [9.17, 15) is 0 Å². The summed E-state index contributed by atoms with van der Waals surface area (Å²) in [5.74, 6) is 0.568. The predicted octanol–water partition coefficient (Wildman–Crippen LogP) is 1.49. The van der Waals surface area contributed by atoms with Crippen LogP contribution in [0.4, 0.5) is 0 Å². The molecule has 0 spiro atoms. The summed E-state index contributed by atoms with van der Waals surface area (Å²) in [6.07, 6.45) is 0. The molecule has 0 atom stereocenters. The molecule has 0 aromatic heterocycles. The summed E-state index contributed by atoms with van der Waals surface area (Å²) in [5, 5.41) is 1.27. The molecule has 0 bridgehead atoms. The maximum Gasteiger partial charge on any atom is 0.268 e. The van der Waals surface area contributed by atoms with E-state index < -0.39 is 0 Å². The van der Waals surface area contributed by atoms with Crippen molar-refractivity contribution in [2.75, 3.05) is 12.5 Å². The van der Waals surface area contributed by atoms with Gasteiger partial charge in [-0.3, -0.25) is 0 Å². The fourth-order valence-corrected chi connectivity index (χ4v) is 1.83. The van der Waals surface area contributed by atoms with Gasteiger partial charge in [0.25, 0.3) is 9.76 Å². The van der Waals surface area contributed by atoms with Crippen molar-refractivity contribution in [1.29, 1.82) is 0 Å². The summed E-state index contributed by atoms with van der Waals surface area (Å²) < 4.78 is 5.35. The second kappa shape index (κ2) is 5.35. The van der Waals surface area contributed by atoms with Crippen LogP contribution in [0.1, 0.15) is 5.56 Å². The molecular formula is C9H11ClOSi. The van der Waals surface area contributed by atoms with Gasteiger partial charge in [0, 0.05) is 12.5 Å². The first-order chi connectivity index (χ1) is 5.84. The minimum Gasteiger partial charge on any atom is -0.410 e. The molecule has 1 rings (SSSR count). The summed E-state index contributed by atoms with van der Waals surface area (Å²) in [6, 6.07) is 8.23. The molecule has 3 heteroatoms. The molecule has 0 heterocycles. The van der Waals surface area contributed by atoms with E-state index in [1.54, 1.807) is 0 Å². The molecule has 1 aromatic rings. The molecule has 0 fully saturated rings. The number of rotatable bonds is 4. The zero-order chi connectivity index (χ0) is 8.81. The van der Waals surface area contributed by atoms with Crippen LogP contribution in [-0.4, -0.2) is 22.3 Å². The number of aryl methyl sites for hydroxylation is 1. The van der Waals surface area contributed by atoms with Crippen molar-refractivity contribution in [2.45, 2.75) is 6.92 Å². The topological polar surface area (TPSA) is 9.23 Å². The van der Waals surface area contributed by atoms with Crippen LogP contribution in [0, 0.1) is 6.92 Å². The Morgan fingerprint density at radius 3 is 2.83 bits per heavy atom. The fourth-order valence-electron chi connectivity index (χ4n) is 0.855. The number of alkyl halides is 1. The van der Waals surface area contributed by atoms with Gasteiger partial charge in [-0.1, -0.05) is 24.3 Å². The van der Waals surface area contributed by atoms with Gasteiger partial charge in [0.05, 0.1) is 0 Å². The molecule has 12 heavy (non-hydrogen) atoms. The minimum atomic E-state index is 0.426. The van der Waals surface area contributed by atoms with Gasteiger partial charge in [0.2, 0.25) is 0 Å². The Balaban J connectivity index is 2.46. The summed E-state index contributed by atoms with van der Waals surface area (Å²) in [5.41, 5.74) is 1.28. The number of halogens is 1. The lowest BCUT2D eigenvalue weighted by Gasteiger charge is -2.02. The van der Waals surface area contributed by atoms with Crippen LogP contribution in [0.25, 0.3) is 0 Å². The summed E-state index contributed by atoms with van der Waals surface area (Å²) in [7, 11) is 0.426. The lowest BCUT2D eigenvalue weighted by Crippen LogP contribution is -2.20. The zero-order valence-corrected chi connectivity index (χ0v) is 8.77. The summed E-state index contributed by atoms with van der Waals surface area (Å²) >= 11 is 5.49. The second-order valence-corrected chi connectivity index (χ2v) is 3.86. The number of hydrogen-bond acceptors (Lipinski definition) is 1. The number of hydrogen-bond donors (Lipinski definition) is 0. The molecule has 1 aromatic carbocycles. The standard InChI is InChI=1S/C9H11ClOSi/c1-8-4-2-3-5-9(8)12-11-7-6-10/h2-5H,6-7H2,1H3. The zero-order valence-electron chi connectivity index (χ0n) is 7.01. The largest absolute Gasteiger partial charge is 0.410 e. The molecular weight excluding hydrogens is 188 g/mol. The van der Waals surface area contributed by atoms with E-state index in [1.165, 1.54) is 10.8 Å². The molecule has 64 valence electrons. The highest BCUT2D eigenvalue weighted by Crippen LogP contribution is 1.92. The lowest BCUT2D eigenvalue weighted by molar-refractivity contribution is 0.370. The summed E-state index contributed by atoms with van der Waals surface area (Å²) in [4.78, 5) is 0. The van der Waals surface area contributed by atoms with Crippen LogP contribution < -0.4 is 5.19 Å². The van der Waals surface area contributed by atoms with Gasteiger partial charge in [-0.25, -0.2) is 0 Å². The third-order valence-corrected chi connectivity index (χ3v) is 2.79. The van der Waals surface area contributed by atoms with E-state index >= 15 is 0 Å². The van der Waals surface area contributed by atoms with Gasteiger partial charge in [0.1, 0.15) is 0 Å². The Labute approximate surface area is 80.6 Å². The van der Waals surface area contributed by atoms with E-state index in [-0.39, 0.29) is 0 Å². The van der Waals surface area contributed by atoms with E-state index in [2.05, 4.69) is 19.1 Å². The highest BCUT2D eigenvalue weighted by Gasteiger charge is 1.98. The minimum absolute atomic E-state index is 0.426. The molecule has 0 saturated heterocycles. The molecule has 0 aliphatic carbocycles. The third kappa shape index (κ3) is 2.97. The van der Waals surface area contributed by atoms with Crippen LogP contribution in [0.15, 0.2) is 24.3 Å². The first kappa shape index (κ1) is 9.77. The SMILES string of the molecule is Cc1ccccc1[Si]OCCCl. The average Bonchev–Trinajstić information content (AvgIpc) is 2.09. The molecule has 0 aliphatic heterocycles. The summed E-state index contributed by atoms with van der Waals surface area (Å²) in [6.45, 7) is 2.72. The predicted molar refractivity (Wildman–Crippen MR) is 53.2 cm³/mol. The van der Waals surface area contributed by atoms with Crippen LogP contribution in [0.3, 0.4) is 0 Å². The first-order valence-electron chi connectivity index (χ1n) is 3.84. The fraction of sp³-hybridized carbons (Fsp3) is 0.333. The third-order valence-electron chi connectivity index (χ3n) is 1.51. The van der Waals surface area contributed by atoms with E-state index in [0.717, 1.165) is 0 Å². The highest BCUT2D eigenvalue weighted by molar-refractivity contribution is 6.47. The van der Waals surface area contributed by atoms with Crippen molar-refractivity contribution in [3.63, 3.8) is 0 Å². The van der Waals surface area contributed by atoms with Crippen molar-refractivity contribution < 1.29 is 4.43 Å². The lowest BCUT2D eigenvalue weighted by atomic mass is 10.2. The van der Waals surface area contributed by atoms with E-state index in [0.29, 0.717) is 22.3 Å². The monoisotopic (exact) mass is 198 g/mol. The first-order valence-corrected chi connectivity index (χ1v) is 5.28. The Morgan fingerprint density at radius 1 is 1.42 bits per heavy atom. The second-order valence-electron chi connectivity index (χ2n) is 2.45. The van der Waals surface area contributed by atoms with Gasteiger partial charge >= 0.3 is 0 Å². The van der Waals surface area contributed by atoms with Gasteiger partial charge in [0.15, 0.2) is 0 Å². The average molecular weight is 199 g/mol. The maximum absolute atomic E-state index is 5.49. The van der Waals surface area contributed by atoms with Gasteiger partial charge < -0.3 is 4.43 Å². The van der Waals surface area contributed by atoms with Gasteiger partial charge in [-0.15, -0.1) is 11.6 Å².